The van der Waals surface area contributed by atoms with Crippen molar-refractivity contribution in [3.63, 3.8) is 0 Å². The van der Waals surface area contributed by atoms with E-state index in [1.807, 2.05) is 24.3 Å². The lowest BCUT2D eigenvalue weighted by atomic mass is 10.0. The number of carbonyl (C=O) groups excluding carboxylic acids is 1. The Morgan fingerprint density at radius 3 is 2.57 bits per heavy atom. The average molecular weight is 290 g/mol. The summed E-state index contributed by atoms with van der Waals surface area (Å²) in [6.07, 6.45) is 1.73. The van der Waals surface area contributed by atoms with E-state index in [1.165, 1.54) is 5.56 Å². The summed E-state index contributed by atoms with van der Waals surface area (Å²) in [5.41, 5.74) is 2.01. The van der Waals surface area contributed by atoms with E-state index < -0.39 is 5.97 Å². The SMILES string of the molecule is CNC(=O)CC1CCN(Cc2ccc(CC(=O)O)cc2)C1. The molecule has 1 aliphatic rings. The second-order valence-electron chi connectivity index (χ2n) is 5.65. The van der Waals surface area contributed by atoms with E-state index in [4.69, 9.17) is 5.11 Å². The normalized spacial score (nSPS) is 18.6. The molecule has 114 valence electrons. The molecule has 1 aromatic carbocycles. The number of amides is 1. The molecule has 1 fully saturated rings. The third-order valence-corrected chi connectivity index (χ3v) is 3.91. The number of nitrogens with zero attached hydrogens (tertiary/aromatic N) is 1. The number of carboxylic acid groups (broad SMARTS) is 1. The number of carbonyl (C=O) groups is 2. The predicted molar refractivity (Wildman–Crippen MR) is 79.8 cm³/mol. The summed E-state index contributed by atoms with van der Waals surface area (Å²) in [7, 11) is 1.67. The van der Waals surface area contributed by atoms with Gasteiger partial charge in [0.15, 0.2) is 0 Å². The van der Waals surface area contributed by atoms with Gasteiger partial charge in [-0.3, -0.25) is 14.5 Å². The first-order valence-electron chi connectivity index (χ1n) is 7.29. The molecular formula is C16H22N2O3. The number of hydrogen-bond donors (Lipinski definition) is 2. The van der Waals surface area contributed by atoms with Crippen molar-refractivity contribution >= 4 is 11.9 Å². The van der Waals surface area contributed by atoms with Crippen LogP contribution in [0.25, 0.3) is 0 Å². The highest BCUT2D eigenvalue weighted by molar-refractivity contribution is 5.75. The van der Waals surface area contributed by atoms with Crippen molar-refractivity contribution in [2.45, 2.75) is 25.8 Å². The lowest BCUT2D eigenvalue weighted by Crippen LogP contribution is -2.24. The van der Waals surface area contributed by atoms with Crippen LogP contribution >= 0.6 is 0 Å². The van der Waals surface area contributed by atoms with Gasteiger partial charge in [-0.25, -0.2) is 0 Å². The number of likely N-dealkylation sites (tertiary alicyclic amines) is 1. The van der Waals surface area contributed by atoms with Gasteiger partial charge in [-0.2, -0.15) is 0 Å². The van der Waals surface area contributed by atoms with Gasteiger partial charge in [-0.05, 0) is 30.0 Å². The summed E-state index contributed by atoms with van der Waals surface area (Å²) in [6, 6.07) is 7.73. The standard InChI is InChI=1S/C16H22N2O3/c1-17-15(19)8-14-6-7-18(11-14)10-13-4-2-12(3-5-13)9-16(20)21/h2-5,14H,6-11H2,1H3,(H,17,19)(H,20,21). The predicted octanol–water partition coefficient (Wildman–Crippen LogP) is 1.27. The summed E-state index contributed by atoms with van der Waals surface area (Å²) >= 11 is 0. The molecule has 21 heavy (non-hydrogen) atoms. The molecular weight excluding hydrogens is 268 g/mol. The molecule has 1 amide bonds. The van der Waals surface area contributed by atoms with Crippen LogP contribution in [0.1, 0.15) is 24.0 Å². The molecule has 2 N–H and O–H groups in total. The third-order valence-electron chi connectivity index (χ3n) is 3.91. The number of nitrogens with one attached hydrogen (secondary N) is 1. The highest BCUT2D eigenvalue weighted by atomic mass is 16.4. The number of rotatable bonds is 6. The van der Waals surface area contributed by atoms with E-state index in [2.05, 4.69) is 10.2 Å². The number of benzene rings is 1. The zero-order valence-corrected chi connectivity index (χ0v) is 12.3. The molecule has 1 aliphatic heterocycles. The van der Waals surface area contributed by atoms with Gasteiger partial charge in [0.25, 0.3) is 0 Å². The molecule has 2 rings (SSSR count). The maximum Gasteiger partial charge on any atom is 0.307 e. The molecule has 5 heteroatoms. The lowest BCUT2D eigenvalue weighted by Gasteiger charge is -2.16. The Hall–Kier alpha value is -1.88. The fourth-order valence-electron chi connectivity index (χ4n) is 2.78. The first-order chi connectivity index (χ1) is 10.1. The van der Waals surface area contributed by atoms with Crippen LogP contribution in [-0.4, -0.2) is 42.0 Å². The third kappa shape index (κ3) is 4.86. The van der Waals surface area contributed by atoms with Crippen LogP contribution in [-0.2, 0) is 22.6 Å². The molecule has 0 aromatic heterocycles. The zero-order valence-electron chi connectivity index (χ0n) is 12.3. The minimum absolute atomic E-state index is 0.0677. The molecule has 0 aliphatic carbocycles. The van der Waals surface area contributed by atoms with Gasteiger partial charge in [0, 0.05) is 26.6 Å². The quantitative estimate of drug-likeness (QED) is 0.828. The number of aliphatic carboxylic acids is 1. The van der Waals surface area contributed by atoms with Gasteiger partial charge in [0.2, 0.25) is 5.91 Å². The minimum Gasteiger partial charge on any atom is -0.481 e. The molecule has 1 heterocycles. The zero-order chi connectivity index (χ0) is 15.2. The van der Waals surface area contributed by atoms with Crippen molar-refractivity contribution in [3.05, 3.63) is 35.4 Å². The largest absolute Gasteiger partial charge is 0.481 e. The second-order valence-corrected chi connectivity index (χ2v) is 5.65. The summed E-state index contributed by atoms with van der Waals surface area (Å²) in [6.45, 7) is 2.82. The Balaban J connectivity index is 1.82. The minimum atomic E-state index is -0.806. The van der Waals surface area contributed by atoms with Crippen molar-refractivity contribution < 1.29 is 14.7 Å². The van der Waals surface area contributed by atoms with Crippen molar-refractivity contribution in [2.75, 3.05) is 20.1 Å². The molecule has 0 saturated carbocycles. The van der Waals surface area contributed by atoms with Crippen LogP contribution in [0.15, 0.2) is 24.3 Å². The van der Waals surface area contributed by atoms with Crippen molar-refractivity contribution in [3.8, 4) is 0 Å². The fourth-order valence-corrected chi connectivity index (χ4v) is 2.78. The van der Waals surface area contributed by atoms with Crippen LogP contribution < -0.4 is 5.32 Å². The Bertz CT molecular complexity index is 499. The van der Waals surface area contributed by atoms with Gasteiger partial charge < -0.3 is 10.4 Å². The Labute approximate surface area is 125 Å². The molecule has 1 saturated heterocycles. The molecule has 0 spiro atoms. The molecule has 5 nitrogen and oxygen atoms in total. The molecule has 1 unspecified atom stereocenters. The second kappa shape index (κ2) is 7.22. The van der Waals surface area contributed by atoms with Gasteiger partial charge in [0.05, 0.1) is 6.42 Å². The highest BCUT2D eigenvalue weighted by Crippen LogP contribution is 2.21. The first kappa shape index (κ1) is 15.5. The maximum absolute atomic E-state index is 11.4. The number of hydrogen-bond acceptors (Lipinski definition) is 3. The smallest absolute Gasteiger partial charge is 0.307 e. The van der Waals surface area contributed by atoms with Crippen LogP contribution in [0, 0.1) is 5.92 Å². The topological polar surface area (TPSA) is 69.6 Å². The van der Waals surface area contributed by atoms with Gasteiger partial charge in [0.1, 0.15) is 0 Å². The van der Waals surface area contributed by atoms with Crippen molar-refractivity contribution in [1.29, 1.82) is 0 Å². The van der Waals surface area contributed by atoms with E-state index in [9.17, 15) is 9.59 Å². The summed E-state index contributed by atoms with van der Waals surface area (Å²) in [5.74, 6) is -0.254. The Morgan fingerprint density at radius 1 is 1.29 bits per heavy atom. The fraction of sp³-hybridized carbons (Fsp3) is 0.500. The summed E-state index contributed by atoms with van der Waals surface area (Å²) < 4.78 is 0. The summed E-state index contributed by atoms with van der Waals surface area (Å²) in [5, 5.41) is 11.4. The van der Waals surface area contributed by atoms with Gasteiger partial charge in [-0.1, -0.05) is 24.3 Å². The maximum atomic E-state index is 11.4. The molecule has 0 bridgehead atoms. The van der Waals surface area contributed by atoms with Crippen LogP contribution in [0.5, 0.6) is 0 Å². The van der Waals surface area contributed by atoms with Crippen LogP contribution in [0.2, 0.25) is 0 Å². The first-order valence-corrected chi connectivity index (χ1v) is 7.29. The molecule has 1 atom stereocenters. The highest BCUT2D eigenvalue weighted by Gasteiger charge is 2.24. The summed E-state index contributed by atoms with van der Waals surface area (Å²) in [4.78, 5) is 24.4. The van der Waals surface area contributed by atoms with Crippen molar-refractivity contribution in [1.82, 2.24) is 10.2 Å². The van der Waals surface area contributed by atoms with Crippen LogP contribution in [0.3, 0.4) is 0 Å². The average Bonchev–Trinajstić information content (AvgIpc) is 2.87. The van der Waals surface area contributed by atoms with E-state index in [0.29, 0.717) is 12.3 Å². The Morgan fingerprint density at radius 2 is 1.95 bits per heavy atom. The Kier molecular flexibility index (Phi) is 5.33. The molecule has 1 aromatic rings. The van der Waals surface area contributed by atoms with Crippen molar-refractivity contribution in [2.24, 2.45) is 5.92 Å². The van der Waals surface area contributed by atoms with E-state index in [1.54, 1.807) is 7.05 Å². The van der Waals surface area contributed by atoms with E-state index in [-0.39, 0.29) is 12.3 Å². The van der Waals surface area contributed by atoms with E-state index in [0.717, 1.165) is 31.6 Å². The van der Waals surface area contributed by atoms with Crippen LogP contribution in [0.4, 0.5) is 0 Å². The lowest BCUT2D eigenvalue weighted by molar-refractivity contribution is -0.136. The monoisotopic (exact) mass is 290 g/mol. The molecule has 0 radical (unpaired) electrons. The van der Waals surface area contributed by atoms with Gasteiger partial charge in [-0.15, -0.1) is 0 Å². The van der Waals surface area contributed by atoms with E-state index >= 15 is 0 Å². The number of carboxylic acids is 1. The van der Waals surface area contributed by atoms with Gasteiger partial charge >= 0.3 is 5.97 Å².